The molecule has 0 aliphatic carbocycles. The molecule has 2 rings (SSSR count). The van der Waals surface area contributed by atoms with Gasteiger partial charge in [0.1, 0.15) is 11.8 Å². The fourth-order valence-corrected chi connectivity index (χ4v) is 3.99. The summed E-state index contributed by atoms with van der Waals surface area (Å²) in [6.07, 6.45) is 0. The van der Waals surface area contributed by atoms with Crippen molar-refractivity contribution in [3.8, 4) is 5.75 Å². The quantitative estimate of drug-likeness (QED) is 0.641. The summed E-state index contributed by atoms with van der Waals surface area (Å²) in [6, 6.07) is 12.7. The van der Waals surface area contributed by atoms with Crippen molar-refractivity contribution in [1.82, 2.24) is 10.0 Å². The molecule has 1 amide bonds. The SMILES string of the molecule is COc1ccc(CNC(=O)[C@@H](NS(=O)(=O)c2ccc(Br)cc2)C(C)C)cc1. The molecule has 2 aromatic rings. The van der Waals surface area contributed by atoms with Crippen molar-refractivity contribution < 1.29 is 17.9 Å². The second-order valence-electron chi connectivity index (χ2n) is 6.36. The van der Waals surface area contributed by atoms with E-state index < -0.39 is 16.1 Å². The summed E-state index contributed by atoms with van der Waals surface area (Å²) in [6.45, 7) is 3.88. The molecule has 6 nitrogen and oxygen atoms in total. The predicted octanol–water partition coefficient (Wildman–Crippen LogP) is 3.08. The van der Waals surface area contributed by atoms with Gasteiger partial charge in [-0.1, -0.05) is 41.9 Å². The molecule has 2 N–H and O–H groups in total. The van der Waals surface area contributed by atoms with Crippen LogP contribution in [0.4, 0.5) is 0 Å². The molecule has 0 spiro atoms. The number of hydrogen-bond donors (Lipinski definition) is 2. The van der Waals surface area contributed by atoms with Crippen LogP contribution < -0.4 is 14.8 Å². The first kappa shape index (κ1) is 21.4. The molecule has 0 aliphatic rings. The fraction of sp³-hybridized carbons (Fsp3) is 0.316. The van der Waals surface area contributed by atoms with Gasteiger partial charge in [-0.3, -0.25) is 4.79 Å². The van der Waals surface area contributed by atoms with Gasteiger partial charge in [0.15, 0.2) is 0 Å². The van der Waals surface area contributed by atoms with Crippen LogP contribution in [0.3, 0.4) is 0 Å². The van der Waals surface area contributed by atoms with Gasteiger partial charge >= 0.3 is 0 Å². The lowest BCUT2D eigenvalue weighted by Crippen LogP contribution is -2.49. The zero-order valence-electron chi connectivity index (χ0n) is 15.4. The molecular formula is C19H23BrN2O4S. The first-order valence-corrected chi connectivity index (χ1v) is 10.7. The van der Waals surface area contributed by atoms with Gasteiger partial charge < -0.3 is 10.1 Å². The van der Waals surface area contributed by atoms with Crippen LogP contribution >= 0.6 is 15.9 Å². The highest BCUT2D eigenvalue weighted by molar-refractivity contribution is 9.10. The van der Waals surface area contributed by atoms with Crippen LogP contribution in [0.1, 0.15) is 19.4 Å². The number of halogens is 1. The largest absolute Gasteiger partial charge is 0.497 e. The van der Waals surface area contributed by atoms with Crippen molar-refractivity contribution in [2.45, 2.75) is 31.3 Å². The van der Waals surface area contributed by atoms with E-state index in [1.54, 1.807) is 45.2 Å². The lowest BCUT2D eigenvalue weighted by atomic mass is 10.0. The molecule has 0 saturated heterocycles. The fourth-order valence-electron chi connectivity index (χ4n) is 2.38. The first-order valence-electron chi connectivity index (χ1n) is 8.41. The zero-order valence-corrected chi connectivity index (χ0v) is 17.8. The number of carbonyl (C=O) groups is 1. The molecular weight excluding hydrogens is 432 g/mol. The molecule has 0 saturated carbocycles. The highest BCUT2D eigenvalue weighted by Gasteiger charge is 2.28. The summed E-state index contributed by atoms with van der Waals surface area (Å²) in [4.78, 5) is 12.7. The first-order chi connectivity index (χ1) is 12.7. The Labute approximate surface area is 168 Å². The molecule has 146 valence electrons. The predicted molar refractivity (Wildman–Crippen MR) is 108 cm³/mol. The molecule has 8 heteroatoms. The summed E-state index contributed by atoms with van der Waals surface area (Å²) in [5.41, 5.74) is 0.891. The average molecular weight is 455 g/mol. The average Bonchev–Trinajstić information content (AvgIpc) is 2.64. The van der Waals surface area contributed by atoms with Crippen molar-refractivity contribution in [3.05, 3.63) is 58.6 Å². The van der Waals surface area contributed by atoms with Gasteiger partial charge in [-0.15, -0.1) is 0 Å². The van der Waals surface area contributed by atoms with Crippen LogP contribution in [-0.4, -0.2) is 27.5 Å². The van der Waals surface area contributed by atoms with Crippen LogP contribution in [0.15, 0.2) is 57.9 Å². The van der Waals surface area contributed by atoms with E-state index in [0.717, 1.165) is 15.8 Å². The second-order valence-corrected chi connectivity index (χ2v) is 8.99. The summed E-state index contributed by atoms with van der Waals surface area (Å²) < 4.78 is 33.6. The molecule has 0 unspecified atom stereocenters. The molecule has 0 fully saturated rings. The maximum absolute atomic E-state index is 12.6. The van der Waals surface area contributed by atoms with Crippen molar-refractivity contribution in [3.63, 3.8) is 0 Å². The number of ether oxygens (including phenoxy) is 1. The minimum Gasteiger partial charge on any atom is -0.497 e. The normalized spacial score (nSPS) is 12.6. The zero-order chi connectivity index (χ0) is 20.0. The topological polar surface area (TPSA) is 84.5 Å². The van der Waals surface area contributed by atoms with E-state index in [4.69, 9.17) is 4.74 Å². The molecule has 2 aromatic carbocycles. The third kappa shape index (κ3) is 6.05. The maximum atomic E-state index is 12.6. The Kier molecular flexibility index (Phi) is 7.41. The van der Waals surface area contributed by atoms with Gasteiger partial charge in [0.25, 0.3) is 0 Å². The van der Waals surface area contributed by atoms with Crippen molar-refractivity contribution in [1.29, 1.82) is 0 Å². The van der Waals surface area contributed by atoms with Crippen LogP contribution in [0.5, 0.6) is 5.75 Å². The van der Waals surface area contributed by atoms with E-state index in [9.17, 15) is 13.2 Å². The van der Waals surface area contributed by atoms with Gasteiger partial charge in [0.2, 0.25) is 15.9 Å². The van der Waals surface area contributed by atoms with Crippen LogP contribution in [-0.2, 0) is 21.4 Å². The summed E-state index contributed by atoms with van der Waals surface area (Å²) in [5.74, 6) is 0.139. The van der Waals surface area contributed by atoms with E-state index in [2.05, 4.69) is 26.0 Å². The van der Waals surface area contributed by atoms with E-state index in [1.807, 2.05) is 12.1 Å². The highest BCUT2D eigenvalue weighted by Crippen LogP contribution is 2.16. The Morgan fingerprint density at radius 3 is 2.19 bits per heavy atom. The van der Waals surface area contributed by atoms with Crippen molar-refractivity contribution in [2.75, 3.05) is 7.11 Å². The molecule has 0 heterocycles. The molecule has 0 aliphatic heterocycles. The number of nitrogens with one attached hydrogen (secondary N) is 2. The number of rotatable bonds is 8. The Hall–Kier alpha value is -1.90. The standard InChI is InChI=1S/C19H23BrN2O4S/c1-13(2)18(22-27(24,25)17-10-6-15(20)7-11-17)19(23)21-12-14-4-8-16(26-3)9-5-14/h4-11,13,18,22H,12H2,1-3H3,(H,21,23)/t18-/m0/s1. The van der Waals surface area contributed by atoms with Crippen LogP contribution in [0.2, 0.25) is 0 Å². The van der Waals surface area contributed by atoms with Gasteiger partial charge in [0.05, 0.1) is 12.0 Å². The van der Waals surface area contributed by atoms with Crippen molar-refractivity contribution >= 4 is 31.9 Å². The van der Waals surface area contributed by atoms with E-state index in [1.165, 1.54) is 12.1 Å². The highest BCUT2D eigenvalue weighted by atomic mass is 79.9. The molecule has 1 atom stereocenters. The number of amides is 1. The minimum atomic E-state index is -3.81. The smallest absolute Gasteiger partial charge is 0.241 e. The lowest BCUT2D eigenvalue weighted by Gasteiger charge is -2.21. The third-order valence-electron chi connectivity index (χ3n) is 3.98. The summed E-state index contributed by atoms with van der Waals surface area (Å²) in [7, 11) is -2.22. The van der Waals surface area contributed by atoms with Crippen LogP contribution in [0, 0.1) is 5.92 Å². The van der Waals surface area contributed by atoms with Gasteiger partial charge in [0, 0.05) is 11.0 Å². The van der Waals surface area contributed by atoms with Gasteiger partial charge in [-0.05, 0) is 47.9 Å². The number of benzene rings is 2. The third-order valence-corrected chi connectivity index (χ3v) is 5.97. The van der Waals surface area contributed by atoms with Crippen molar-refractivity contribution in [2.24, 2.45) is 5.92 Å². The van der Waals surface area contributed by atoms with E-state index in [-0.39, 0.29) is 16.7 Å². The maximum Gasteiger partial charge on any atom is 0.241 e. The molecule has 27 heavy (non-hydrogen) atoms. The second kappa shape index (κ2) is 9.34. The van der Waals surface area contributed by atoms with E-state index >= 15 is 0 Å². The van der Waals surface area contributed by atoms with Gasteiger partial charge in [-0.2, -0.15) is 4.72 Å². The van der Waals surface area contributed by atoms with Gasteiger partial charge in [-0.25, -0.2) is 8.42 Å². The number of sulfonamides is 1. The molecule has 0 radical (unpaired) electrons. The Morgan fingerprint density at radius 1 is 1.07 bits per heavy atom. The Balaban J connectivity index is 2.06. The number of methoxy groups -OCH3 is 1. The number of hydrogen-bond acceptors (Lipinski definition) is 4. The number of carbonyl (C=O) groups excluding carboxylic acids is 1. The summed E-state index contributed by atoms with van der Waals surface area (Å²) in [5, 5.41) is 2.79. The van der Waals surface area contributed by atoms with E-state index in [0.29, 0.717) is 6.54 Å². The Bertz CT molecular complexity index is 866. The minimum absolute atomic E-state index is 0.110. The molecule has 0 bridgehead atoms. The molecule has 0 aromatic heterocycles. The monoisotopic (exact) mass is 454 g/mol. The Morgan fingerprint density at radius 2 is 1.67 bits per heavy atom. The van der Waals surface area contributed by atoms with Crippen LogP contribution in [0.25, 0.3) is 0 Å². The summed E-state index contributed by atoms with van der Waals surface area (Å²) >= 11 is 3.27. The lowest BCUT2D eigenvalue weighted by molar-refractivity contribution is -0.123.